The van der Waals surface area contributed by atoms with Gasteiger partial charge in [-0.2, -0.15) is 0 Å². The lowest BCUT2D eigenvalue weighted by atomic mass is 9.96. The van der Waals surface area contributed by atoms with Crippen molar-refractivity contribution in [2.75, 3.05) is 19.6 Å². The zero-order valence-corrected chi connectivity index (χ0v) is 12.5. The highest BCUT2D eigenvalue weighted by Crippen LogP contribution is 2.25. The van der Waals surface area contributed by atoms with Crippen molar-refractivity contribution in [1.29, 1.82) is 0 Å². The van der Waals surface area contributed by atoms with Gasteiger partial charge in [0.1, 0.15) is 0 Å². The molecular formula is C16H28N2. The molecule has 0 saturated carbocycles. The summed E-state index contributed by atoms with van der Waals surface area (Å²) in [5, 5.41) is 0. The molecule has 1 rings (SSSR count). The minimum absolute atomic E-state index is 0.345. The molecule has 0 aliphatic carbocycles. The average molecular weight is 248 g/mol. The lowest BCUT2D eigenvalue weighted by molar-refractivity contribution is 0.189. The van der Waals surface area contributed by atoms with Crippen molar-refractivity contribution in [3.8, 4) is 0 Å². The summed E-state index contributed by atoms with van der Waals surface area (Å²) in [5.41, 5.74) is 10.2. The molecule has 0 fully saturated rings. The highest BCUT2D eigenvalue weighted by atomic mass is 15.2. The average Bonchev–Trinajstić information content (AvgIpc) is 2.33. The number of rotatable bonds is 6. The molecule has 1 aromatic carbocycles. The number of hydrogen-bond acceptors (Lipinski definition) is 2. The normalized spacial score (nSPS) is 13.3. The van der Waals surface area contributed by atoms with E-state index in [-0.39, 0.29) is 0 Å². The molecule has 0 saturated heterocycles. The van der Waals surface area contributed by atoms with Crippen molar-refractivity contribution in [1.82, 2.24) is 4.90 Å². The molecule has 18 heavy (non-hydrogen) atoms. The first kappa shape index (κ1) is 15.2. The Morgan fingerprint density at radius 3 is 2.39 bits per heavy atom. The van der Waals surface area contributed by atoms with Gasteiger partial charge in [0.2, 0.25) is 0 Å². The Balaban J connectivity index is 3.03. The van der Waals surface area contributed by atoms with E-state index in [1.54, 1.807) is 0 Å². The maximum Gasteiger partial charge on any atom is 0.0473 e. The van der Waals surface area contributed by atoms with E-state index in [1.165, 1.54) is 16.7 Å². The molecule has 0 bridgehead atoms. The summed E-state index contributed by atoms with van der Waals surface area (Å²) in [6.45, 7) is 14.0. The first-order chi connectivity index (χ1) is 8.51. The first-order valence-corrected chi connectivity index (χ1v) is 7.01. The second-order valence-corrected chi connectivity index (χ2v) is 5.52. The Morgan fingerprint density at radius 1 is 1.22 bits per heavy atom. The van der Waals surface area contributed by atoms with Gasteiger partial charge in [0, 0.05) is 19.1 Å². The minimum Gasteiger partial charge on any atom is -0.329 e. The maximum absolute atomic E-state index is 6.03. The largest absolute Gasteiger partial charge is 0.329 e. The molecule has 1 atom stereocenters. The lowest BCUT2D eigenvalue weighted by Crippen LogP contribution is -2.36. The van der Waals surface area contributed by atoms with Crippen LogP contribution in [-0.4, -0.2) is 24.5 Å². The fourth-order valence-corrected chi connectivity index (χ4v) is 2.55. The highest BCUT2D eigenvalue weighted by molar-refractivity contribution is 5.35. The van der Waals surface area contributed by atoms with Gasteiger partial charge in [-0.15, -0.1) is 0 Å². The number of likely N-dealkylation sites (N-methyl/N-ethyl adjacent to an activating group) is 1. The zero-order valence-electron chi connectivity index (χ0n) is 12.5. The molecule has 0 amide bonds. The summed E-state index contributed by atoms with van der Waals surface area (Å²) in [6.07, 6.45) is 0. The van der Waals surface area contributed by atoms with Crippen LogP contribution in [0.1, 0.15) is 43.5 Å². The van der Waals surface area contributed by atoms with Gasteiger partial charge in [0.15, 0.2) is 0 Å². The number of aryl methyl sites for hydroxylation is 1. The predicted octanol–water partition coefficient (Wildman–Crippen LogP) is 3.28. The second-order valence-electron chi connectivity index (χ2n) is 5.52. The first-order valence-electron chi connectivity index (χ1n) is 7.01. The van der Waals surface area contributed by atoms with Crippen molar-refractivity contribution < 1.29 is 0 Å². The van der Waals surface area contributed by atoms with Gasteiger partial charge in [0.25, 0.3) is 0 Å². The molecule has 0 aliphatic heterocycles. The van der Waals surface area contributed by atoms with Gasteiger partial charge in [-0.05, 0) is 43.0 Å². The van der Waals surface area contributed by atoms with Gasteiger partial charge >= 0.3 is 0 Å². The molecule has 0 spiro atoms. The topological polar surface area (TPSA) is 29.3 Å². The van der Waals surface area contributed by atoms with Crippen LogP contribution in [0.2, 0.25) is 0 Å². The Morgan fingerprint density at radius 2 is 1.89 bits per heavy atom. The van der Waals surface area contributed by atoms with Crippen LogP contribution in [0, 0.1) is 19.8 Å². The van der Waals surface area contributed by atoms with Crippen LogP contribution in [0.25, 0.3) is 0 Å². The SMILES string of the molecule is CCN(CC(C)C)C(CN)c1cccc(C)c1C. The predicted molar refractivity (Wildman–Crippen MR) is 79.8 cm³/mol. The van der Waals surface area contributed by atoms with Gasteiger partial charge in [-0.25, -0.2) is 0 Å². The summed E-state index contributed by atoms with van der Waals surface area (Å²) >= 11 is 0. The standard InChI is InChI=1S/C16H28N2/c1-6-18(11-12(2)3)16(10-17)15-9-7-8-13(4)14(15)5/h7-9,12,16H,6,10-11,17H2,1-5H3. The van der Waals surface area contributed by atoms with E-state index < -0.39 is 0 Å². The highest BCUT2D eigenvalue weighted by Gasteiger charge is 2.20. The number of nitrogens with zero attached hydrogens (tertiary/aromatic N) is 1. The molecular weight excluding hydrogens is 220 g/mol. The molecule has 0 radical (unpaired) electrons. The Hall–Kier alpha value is -0.860. The molecule has 0 heterocycles. The van der Waals surface area contributed by atoms with Crippen molar-refractivity contribution in [3.63, 3.8) is 0 Å². The van der Waals surface area contributed by atoms with Gasteiger partial charge in [-0.3, -0.25) is 4.90 Å². The van der Waals surface area contributed by atoms with Gasteiger partial charge in [-0.1, -0.05) is 39.0 Å². The second kappa shape index (κ2) is 6.91. The molecule has 2 heteroatoms. The summed E-state index contributed by atoms with van der Waals surface area (Å²) in [4.78, 5) is 2.49. The summed E-state index contributed by atoms with van der Waals surface area (Å²) in [5.74, 6) is 0.670. The van der Waals surface area contributed by atoms with Crippen molar-refractivity contribution >= 4 is 0 Å². The monoisotopic (exact) mass is 248 g/mol. The van der Waals surface area contributed by atoms with Crippen molar-refractivity contribution in [2.45, 2.75) is 40.7 Å². The fraction of sp³-hybridized carbons (Fsp3) is 0.625. The third-order valence-electron chi connectivity index (χ3n) is 3.68. The number of nitrogens with two attached hydrogens (primary N) is 1. The van der Waals surface area contributed by atoms with Gasteiger partial charge in [0.05, 0.1) is 0 Å². The van der Waals surface area contributed by atoms with E-state index in [2.05, 4.69) is 57.7 Å². The molecule has 0 aromatic heterocycles. The Labute approximate surface area is 112 Å². The maximum atomic E-state index is 6.03. The fourth-order valence-electron chi connectivity index (χ4n) is 2.55. The number of benzene rings is 1. The van der Waals surface area contributed by atoms with E-state index in [4.69, 9.17) is 5.73 Å². The van der Waals surface area contributed by atoms with E-state index in [0.717, 1.165) is 13.1 Å². The summed E-state index contributed by atoms with van der Waals surface area (Å²) in [7, 11) is 0. The minimum atomic E-state index is 0.345. The number of hydrogen-bond donors (Lipinski definition) is 1. The third kappa shape index (κ3) is 3.56. The molecule has 1 unspecified atom stereocenters. The smallest absolute Gasteiger partial charge is 0.0473 e. The lowest BCUT2D eigenvalue weighted by Gasteiger charge is -2.32. The van der Waals surface area contributed by atoms with E-state index in [0.29, 0.717) is 18.5 Å². The molecule has 1 aromatic rings. The van der Waals surface area contributed by atoms with Crippen LogP contribution < -0.4 is 5.73 Å². The van der Waals surface area contributed by atoms with Crippen molar-refractivity contribution in [3.05, 3.63) is 34.9 Å². The molecule has 0 aliphatic rings. The van der Waals surface area contributed by atoms with E-state index in [1.807, 2.05) is 0 Å². The molecule has 102 valence electrons. The van der Waals surface area contributed by atoms with Crippen LogP contribution in [-0.2, 0) is 0 Å². The molecule has 2 N–H and O–H groups in total. The van der Waals surface area contributed by atoms with E-state index >= 15 is 0 Å². The summed E-state index contributed by atoms with van der Waals surface area (Å²) in [6, 6.07) is 6.88. The van der Waals surface area contributed by atoms with Crippen LogP contribution in [0.4, 0.5) is 0 Å². The van der Waals surface area contributed by atoms with Crippen LogP contribution >= 0.6 is 0 Å². The Bertz CT molecular complexity index is 371. The summed E-state index contributed by atoms with van der Waals surface area (Å²) < 4.78 is 0. The van der Waals surface area contributed by atoms with E-state index in [9.17, 15) is 0 Å². The quantitative estimate of drug-likeness (QED) is 0.837. The van der Waals surface area contributed by atoms with Crippen LogP contribution in [0.5, 0.6) is 0 Å². The van der Waals surface area contributed by atoms with Crippen molar-refractivity contribution in [2.24, 2.45) is 11.7 Å². The van der Waals surface area contributed by atoms with Gasteiger partial charge < -0.3 is 5.73 Å². The van der Waals surface area contributed by atoms with Crippen LogP contribution in [0.15, 0.2) is 18.2 Å². The third-order valence-corrected chi connectivity index (χ3v) is 3.68. The zero-order chi connectivity index (χ0) is 13.7. The Kier molecular flexibility index (Phi) is 5.83. The molecule has 2 nitrogen and oxygen atoms in total. The van der Waals surface area contributed by atoms with Crippen LogP contribution in [0.3, 0.4) is 0 Å².